The molecule has 1 heterocycles. The fourth-order valence-corrected chi connectivity index (χ4v) is 2.32. The summed E-state index contributed by atoms with van der Waals surface area (Å²) in [6.45, 7) is 7.44. The molecule has 3 nitrogen and oxygen atoms in total. The van der Waals surface area contributed by atoms with Gasteiger partial charge in [-0.05, 0) is 44.0 Å². The van der Waals surface area contributed by atoms with Crippen LogP contribution in [0, 0.1) is 6.92 Å². The van der Waals surface area contributed by atoms with Crippen LogP contribution in [0.1, 0.15) is 30.5 Å². The van der Waals surface area contributed by atoms with Crippen LogP contribution in [0.5, 0.6) is 5.88 Å². The highest BCUT2D eigenvalue weighted by Gasteiger charge is 2.07. The van der Waals surface area contributed by atoms with Crippen LogP contribution in [0.4, 0.5) is 0 Å². The SMILES string of the molecule is Cc1ccc(CNCc2cccnc2OC(C)C)c(Cl)c1. The Hall–Kier alpha value is -1.58. The molecule has 1 aromatic carbocycles. The van der Waals surface area contributed by atoms with E-state index >= 15 is 0 Å². The fraction of sp³-hybridized carbons (Fsp3) is 0.353. The third-order valence-electron chi connectivity index (χ3n) is 3.04. The average Bonchev–Trinajstić information content (AvgIpc) is 2.42. The smallest absolute Gasteiger partial charge is 0.218 e. The first-order valence-corrected chi connectivity index (χ1v) is 7.50. The van der Waals surface area contributed by atoms with E-state index in [1.807, 2.05) is 39.0 Å². The molecule has 0 atom stereocenters. The molecule has 0 saturated carbocycles. The highest BCUT2D eigenvalue weighted by Crippen LogP contribution is 2.19. The van der Waals surface area contributed by atoms with E-state index in [9.17, 15) is 0 Å². The Kier molecular flexibility index (Phi) is 5.59. The Morgan fingerprint density at radius 2 is 1.95 bits per heavy atom. The summed E-state index contributed by atoms with van der Waals surface area (Å²) >= 11 is 6.23. The van der Waals surface area contributed by atoms with Crippen molar-refractivity contribution in [3.8, 4) is 5.88 Å². The minimum absolute atomic E-state index is 0.116. The molecule has 1 aromatic heterocycles. The summed E-state index contributed by atoms with van der Waals surface area (Å²) in [4.78, 5) is 4.29. The molecule has 0 fully saturated rings. The van der Waals surface area contributed by atoms with Crippen molar-refractivity contribution in [1.82, 2.24) is 10.3 Å². The first-order valence-electron chi connectivity index (χ1n) is 7.12. The summed E-state index contributed by atoms with van der Waals surface area (Å²) in [7, 11) is 0. The van der Waals surface area contributed by atoms with Gasteiger partial charge in [0.2, 0.25) is 5.88 Å². The maximum atomic E-state index is 6.23. The molecule has 1 N–H and O–H groups in total. The Balaban J connectivity index is 1.97. The van der Waals surface area contributed by atoms with Gasteiger partial charge in [0.1, 0.15) is 0 Å². The molecule has 112 valence electrons. The molecule has 2 aromatic rings. The van der Waals surface area contributed by atoms with Crippen LogP contribution in [-0.2, 0) is 13.1 Å². The van der Waals surface area contributed by atoms with Crippen molar-refractivity contribution in [2.24, 2.45) is 0 Å². The van der Waals surface area contributed by atoms with Crippen LogP contribution in [0.25, 0.3) is 0 Å². The number of hydrogen-bond donors (Lipinski definition) is 1. The molecule has 0 radical (unpaired) electrons. The van der Waals surface area contributed by atoms with E-state index in [1.165, 1.54) is 5.56 Å². The zero-order valence-corrected chi connectivity index (χ0v) is 13.4. The second-order valence-electron chi connectivity index (χ2n) is 5.33. The quantitative estimate of drug-likeness (QED) is 0.871. The monoisotopic (exact) mass is 304 g/mol. The number of hydrogen-bond acceptors (Lipinski definition) is 3. The number of rotatable bonds is 6. The van der Waals surface area contributed by atoms with Crippen molar-refractivity contribution in [3.63, 3.8) is 0 Å². The van der Waals surface area contributed by atoms with Crippen molar-refractivity contribution in [2.75, 3.05) is 0 Å². The van der Waals surface area contributed by atoms with Gasteiger partial charge in [-0.1, -0.05) is 29.8 Å². The van der Waals surface area contributed by atoms with Gasteiger partial charge in [0, 0.05) is 29.9 Å². The molecule has 0 bridgehead atoms. The summed E-state index contributed by atoms with van der Waals surface area (Å²) in [6.07, 6.45) is 1.86. The third kappa shape index (κ3) is 4.73. The van der Waals surface area contributed by atoms with E-state index in [2.05, 4.69) is 22.4 Å². The summed E-state index contributed by atoms with van der Waals surface area (Å²) in [5, 5.41) is 4.19. The van der Waals surface area contributed by atoms with Crippen molar-refractivity contribution < 1.29 is 4.74 Å². The zero-order chi connectivity index (χ0) is 15.2. The van der Waals surface area contributed by atoms with E-state index in [4.69, 9.17) is 16.3 Å². The predicted octanol–water partition coefficient (Wildman–Crippen LogP) is 4.12. The topological polar surface area (TPSA) is 34.2 Å². The molecule has 0 saturated heterocycles. The molecule has 0 unspecified atom stereocenters. The van der Waals surface area contributed by atoms with Gasteiger partial charge in [-0.3, -0.25) is 0 Å². The molecule has 21 heavy (non-hydrogen) atoms. The second-order valence-corrected chi connectivity index (χ2v) is 5.74. The van der Waals surface area contributed by atoms with Gasteiger partial charge in [-0.25, -0.2) is 4.98 Å². The maximum absolute atomic E-state index is 6.23. The minimum atomic E-state index is 0.116. The van der Waals surface area contributed by atoms with Crippen LogP contribution in [0.2, 0.25) is 5.02 Å². The molecule has 0 amide bonds. The van der Waals surface area contributed by atoms with Gasteiger partial charge in [-0.15, -0.1) is 0 Å². The Morgan fingerprint density at radius 1 is 1.19 bits per heavy atom. The van der Waals surface area contributed by atoms with Crippen LogP contribution < -0.4 is 10.1 Å². The van der Waals surface area contributed by atoms with E-state index in [-0.39, 0.29) is 6.10 Å². The Morgan fingerprint density at radius 3 is 2.67 bits per heavy atom. The van der Waals surface area contributed by atoms with E-state index < -0.39 is 0 Å². The molecule has 2 rings (SSSR count). The fourth-order valence-electron chi connectivity index (χ4n) is 2.02. The number of halogens is 1. The first-order chi connectivity index (χ1) is 10.1. The number of aryl methyl sites for hydroxylation is 1. The van der Waals surface area contributed by atoms with Crippen LogP contribution >= 0.6 is 11.6 Å². The summed E-state index contributed by atoms with van der Waals surface area (Å²) in [5.74, 6) is 0.690. The highest BCUT2D eigenvalue weighted by molar-refractivity contribution is 6.31. The first kappa shape index (κ1) is 15.8. The average molecular weight is 305 g/mol. The molecule has 4 heteroatoms. The van der Waals surface area contributed by atoms with Gasteiger partial charge >= 0.3 is 0 Å². The summed E-state index contributed by atoms with van der Waals surface area (Å²) in [6, 6.07) is 10.0. The molecule has 0 aliphatic heterocycles. The molecule has 0 aliphatic rings. The van der Waals surface area contributed by atoms with Crippen molar-refractivity contribution >= 4 is 11.6 Å². The van der Waals surface area contributed by atoms with Gasteiger partial charge in [0.25, 0.3) is 0 Å². The van der Waals surface area contributed by atoms with Gasteiger partial charge in [0.15, 0.2) is 0 Å². The second kappa shape index (κ2) is 7.43. The number of pyridine rings is 1. The van der Waals surface area contributed by atoms with Gasteiger partial charge in [-0.2, -0.15) is 0 Å². The van der Waals surface area contributed by atoms with E-state index in [0.29, 0.717) is 12.4 Å². The van der Waals surface area contributed by atoms with Crippen molar-refractivity contribution in [2.45, 2.75) is 40.0 Å². The lowest BCUT2D eigenvalue weighted by molar-refractivity contribution is 0.229. The van der Waals surface area contributed by atoms with Crippen LogP contribution in [0.15, 0.2) is 36.5 Å². The van der Waals surface area contributed by atoms with Crippen LogP contribution in [0.3, 0.4) is 0 Å². The van der Waals surface area contributed by atoms with Gasteiger partial charge < -0.3 is 10.1 Å². The molecular weight excluding hydrogens is 284 g/mol. The normalized spacial score (nSPS) is 10.9. The highest BCUT2D eigenvalue weighted by atomic mass is 35.5. The number of ether oxygens (including phenoxy) is 1. The molecule has 0 spiro atoms. The number of nitrogens with zero attached hydrogens (tertiary/aromatic N) is 1. The minimum Gasteiger partial charge on any atom is -0.475 e. The Bertz CT molecular complexity index is 599. The lowest BCUT2D eigenvalue weighted by Gasteiger charge is -2.13. The van der Waals surface area contributed by atoms with Crippen LogP contribution in [-0.4, -0.2) is 11.1 Å². The largest absolute Gasteiger partial charge is 0.475 e. The van der Waals surface area contributed by atoms with E-state index in [1.54, 1.807) is 6.20 Å². The standard InChI is InChI=1S/C17H21ClN2O/c1-12(2)21-17-15(5-4-8-20-17)11-19-10-14-7-6-13(3)9-16(14)18/h4-9,12,19H,10-11H2,1-3H3. The number of nitrogens with one attached hydrogen (secondary N) is 1. The Labute approximate surface area is 131 Å². The predicted molar refractivity (Wildman–Crippen MR) is 86.7 cm³/mol. The summed E-state index contributed by atoms with van der Waals surface area (Å²) < 4.78 is 5.71. The van der Waals surface area contributed by atoms with Crippen molar-refractivity contribution in [1.29, 1.82) is 0 Å². The number of benzene rings is 1. The molecular formula is C17H21ClN2O. The summed E-state index contributed by atoms with van der Waals surface area (Å²) in [5.41, 5.74) is 3.32. The van der Waals surface area contributed by atoms with E-state index in [0.717, 1.165) is 22.7 Å². The number of aromatic nitrogens is 1. The lowest BCUT2D eigenvalue weighted by atomic mass is 10.1. The lowest BCUT2D eigenvalue weighted by Crippen LogP contribution is -2.16. The molecule has 0 aliphatic carbocycles. The maximum Gasteiger partial charge on any atom is 0.218 e. The van der Waals surface area contributed by atoms with Gasteiger partial charge in [0.05, 0.1) is 6.10 Å². The third-order valence-corrected chi connectivity index (χ3v) is 3.39. The zero-order valence-electron chi connectivity index (χ0n) is 12.7. The van der Waals surface area contributed by atoms with Crippen molar-refractivity contribution in [3.05, 3.63) is 58.2 Å².